The van der Waals surface area contributed by atoms with Gasteiger partial charge in [-0.25, -0.2) is 10.4 Å². The third kappa shape index (κ3) is 3.12. The Kier molecular flexibility index (Phi) is 4.11. The van der Waals surface area contributed by atoms with Gasteiger partial charge in [0.25, 0.3) is 0 Å². The van der Waals surface area contributed by atoms with E-state index >= 15 is 0 Å². The molecule has 1 aromatic heterocycles. The molecule has 5 nitrogen and oxygen atoms in total. The maximum absolute atomic E-state index is 4.40. The number of aromatic nitrogens is 2. The average molecular weight is 358 g/mol. The maximum atomic E-state index is 4.40. The number of hydrogen-bond donors (Lipinski definition) is 2. The van der Waals surface area contributed by atoms with Crippen molar-refractivity contribution in [1.82, 2.24) is 9.97 Å². The highest BCUT2D eigenvalue weighted by Crippen LogP contribution is 2.25. The minimum absolute atomic E-state index is 0.626. The van der Waals surface area contributed by atoms with E-state index in [9.17, 15) is 0 Å². The zero-order chi connectivity index (χ0) is 15.5. The van der Waals surface area contributed by atoms with Gasteiger partial charge in [0.05, 0.1) is 22.9 Å². The Balaban J connectivity index is 1.73. The first-order valence-corrected chi connectivity index (χ1v) is 7.63. The van der Waals surface area contributed by atoms with Crippen LogP contribution in [-0.4, -0.2) is 30.3 Å². The molecule has 0 aliphatic heterocycles. The molecule has 0 radical (unpaired) electrons. The summed E-state index contributed by atoms with van der Waals surface area (Å²) in [4.78, 5) is 9.62. The van der Waals surface area contributed by atoms with Gasteiger partial charge in [-0.3, -0.25) is 0 Å². The molecular weight excluding hydrogens is 342 g/mol. The van der Waals surface area contributed by atoms with Crippen LogP contribution in [0, 0.1) is 0 Å². The monoisotopic (exact) mass is 357 g/mol. The van der Waals surface area contributed by atoms with Gasteiger partial charge < -0.3 is 9.88 Å². The Morgan fingerprint density at radius 1 is 1.23 bits per heavy atom. The van der Waals surface area contributed by atoms with Crippen LogP contribution in [0.4, 0.5) is 11.6 Å². The highest BCUT2D eigenvalue weighted by atomic mass is 79.9. The standard InChI is InChI=1S/C16H16BrN5/c1-22(2)15-8-7-11(9-12(15)17)10-18-21-16-19-13-5-3-4-6-14(13)20-16/h3-10H,1-2H3,(H2,19,20,21)/b18-10-. The third-order valence-electron chi connectivity index (χ3n) is 3.23. The van der Waals surface area contributed by atoms with Crippen LogP contribution in [0.5, 0.6) is 0 Å². The highest BCUT2D eigenvalue weighted by molar-refractivity contribution is 9.10. The summed E-state index contributed by atoms with van der Waals surface area (Å²) in [5, 5.41) is 4.22. The molecule has 0 aliphatic rings. The number of hydrazone groups is 1. The van der Waals surface area contributed by atoms with Gasteiger partial charge in [0.1, 0.15) is 0 Å². The number of halogens is 1. The van der Waals surface area contributed by atoms with E-state index in [2.05, 4.69) is 41.3 Å². The number of benzene rings is 2. The van der Waals surface area contributed by atoms with Crippen LogP contribution in [0.25, 0.3) is 11.0 Å². The lowest BCUT2D eigenvalue weighted by Crippen LogP contribution is -2.09. The fraction of sp³-hybridized carbons (Fsp3) is 0.125. The molecule has 6 heteroatoms. The van der Waals surface area contributed by atoms with Gasteiger partial charge in [0.2, 0.25) is 5.95 Å². The van der Waals surface area contributed by atoms with Crippen LogP contribution < -0.4 is 10.3 Å². The van der Waals surface area contributed by atoms with Crippen LogP contribution in [0.1, 0.15) is 5.56 Å². The Morgan fingerprint density at radius 2 is 2.05 bits per heavy atom. The second-order valence-electron chi connectivity index (χ2n) is 5.08. The van der Waals surface area contributed by atoms with Gasteiger partial charge in [-0.2, -0.15) is 5.10 Å². The number of H-pyrrole nitrogens is 1. The molecule has 2 N–H and O–H groups in total. The van der Waals surface area contributed by atoms with Crippen molar-refractivity contribution in [3.05, 3.63) is 52.5 Å². The molecular formula is C16H16BrN5. The lowest BCUT2D eigenvalue weighted by molar-refractivity contribution is 1.12. The molecule has 0 spiro atoms. The summed E-state index contributed by atoms with van der Waals surface area (Å²) in [5.41, 5.74) is 6.94. The van der Waals surface area contributed by atoms with E-state index in [1.807, 2.05) is 56.6 Å². The van der Waals surface area contributed by atoms with E-state index in [1.54, 1.807) is 6.21 Å². The van der Waals surface area contributed by atoms with E-state index in [-0.39, 0.29) is 0 Å². The van der Waals surface area contributed by atoms with E-state index in [0.29, 0.717) is 5.95 Å². The minimum atomic E-state index is 0.626. The van der Waals surface area contributed by atoms with E-state index in [1.165, 1.54) is 0 Å². The van der Waals surface area contributed by atoms with E-state index in [0.717, 1.165) is 26.8 Å². The zero-order valence-corrected chi connectivity index (χ0v) is 13.9. The van der Waals surface area contributed by atoms with Crippen LogP contribution in [0.3, 0.4) is 0 Å². The van der Waals surface area contributed by atoms with E-state index in [4.69, 9.17) is 0 Å². The molecule has 0 fully saturated rings. The Bertz CT molecular complexity index is 789. The largest absolute Gasteiger partial charge is 0.377 e. The number of hydrogen-bond acceptors (Lipinski definition) is 4. The maximum Gasteiger partial charge on any atom is 0.222 e. The molecule has 0 unspecified atom stereocenters. The first-order chi connectivity index (χ1) is 10.6. The van der Waals surface area contributed by atoms with Crippen molar-refractivity contribution >= 4 is 44.8 Å². The topological polar surface area (TPSA) is 56.3 Å². The summed E-state index contributed by atoms with van der Waals surface area (Å²) in [7, 11) is 4.02. The van der Waals surface area contributed by atoms with Gasteiger partial charge in [0.15, 0.2) is 0 Å². The van der Waals surface area contributed by atoms with Crippen molar-refractivity contribution < 1.29 is 0 Å². The van der Waals surface area contributed by atoms with Crippen LogP contribution >= 0.6 is 15.9 Å². The first-order valence-electron chi connectivity index (χ1n) is 6.84. The predicted molar refractivity (Wildman–Crippen MR) is 95.8 cm³/mol. The quantitative estimate of drug-likeness (QED) is 0.550. The molecule has 112 valence electrons. The summed E-state index contributed by atoms with van der Waals surface area (Å²) in [6.45, 7) is 0. The van der Waals surface area contributed by atoms with Crippen molar-refractivity contribution in [1.29, 1.82) is 0 Å². The zero-order valence-electron chi connectivity index (χ0n) is 12.3. The fourth-order valence-corrected chi connectivity index (χ4v) is 2.89. The van der Waals surface area contributed by atoms with Crippen molar-refractivity contribution in [2.45, 2.75) is 0 Å². The molecule has 3 aromatic rings. The first kappa shape index (κ1) is 14.6. The molecule has 0 amide bonds. The number of para-hydroxylation sites is 2. The number of nitrogens with one attached hydrogen (secondary N) is 2. The number of fused-ring (bicyclic) bond motifs is 1. The highest BCUT2D eigenvalue weighted by Gasteiger charge is 2.02. The molecule has 3 rings (SSSR count). The predicted octanol–water partition coefficient (Wildman–Crippen LogP) is 3.84. The molecule has 2 aromatic carbocycles. The van der Waals surface area contributed by atoms with Crippen molar-refractivity contribution in [2.75, 3.05) is 24.4 Å². The van der Waals surface area contributed by atoms with Gasteiger partial charge in [-0.1, -0.05) is 18.2 Å². The average Bonchev–Trinajstić information content (AvgIpc) is 2.89. The Morgan fingerprint density at radius 3 is 2.77 bits per heavy atom. The van der Waals surface area contributed by atoms with Crippen LogP contribution in [0.2, 0.25) is 0 Å². The van der Waals surface area contributed by atoms with Crippen molar-refractivity contribution in [3.63, 3.8) is 0 Å². The van der Waals surface area contributed by atoms with Gasteiger partial charge in [-0.15, -0.1) is 0 Å². The van der Waals surface area contributed by atoms with Crippen molar-refractivity contribution in [2.24, 2.45) is 5.10 Å². The summed E-state index contributed by atoms with van der Waals surface area (Å²) >= 11 is 3.57. The number of imidazole rings is 1. The number of aromatic amines is 1. The second kappa shape index (κ2) is 6.19. The molecule has 0 atom stereocenters. The molecule has 0 aliphatic carbocycles. The summed E-state index contributed by atoms with van der Waals surface area (Å²) < 4.78 is 1.03. The summed E-state index contributed by atoms with van der Waals surface area (Å²) in [6, 6.07) is 14.0. The molecule has 0 saturated carbocycles. The molecule has 0 saturated heterocycles. The Labute approximate surface area is 137 Å². The lowest BCUT2D eigenvalue weighted by atomic mass is 10.2. The van der Waals surface area contributed by atoms with Gasteiger partial charge in [0, 0.05) is 18.6 Å². The molecule has 22 heavy (non-hydrogen) atoms. The van der Waals surface area contributed by atoms with E-state index < -0.39 is 0 Å². The fourth-order valence-electron chi connectivity index (χ4n) is 2.14. The number of rotatable bonds is 4. The summed E-state index contributed by atoms with van der Waals surface area (Å²) in [6.07, 6.45) is 1.76. The minimum Gasteiger partial charge on any atom is -0.377 e. The normalized spacial score (nSPS) is 11.2. The SMILES string of the molecule is CN(C)c1ccc(/C=N\Nc2nc3ccccc3[nH]2)cc1Br. The van der Waals surface area contributed by atoms with Gasteiger partial charge >= 0.3 is 0 Å². The van der Waals surface area contributed by atoms with Crippen LogP contribution in [-0.2, 0) is 0 Å². The van der Waals surface area contributed by atoms with Crippen molar-refractivity contribution in [3.8, 4) is 0 Å². The lowest BCUT2D eigenvalue weighted by Gasteiger charge is -2.14. The Hall–Kier alpha value is -2.34. The van der Waals surface area contributed by atoms with Crippen LogP contribution in [0.15, 0.2) is 52.0 Å². The third-order valence-corrected chi connectivity index (χ3v) is 3.86. The molecule has 1 heterocycles. The van der Waals surface area contributed by atoms with Gasteiger partial charge in [-0.05, 0) is 45.8 Å². The smallest absolute Gasteiger partial charge is 0.222 e. The second-order valence-corrected chi connectivity index (χ2v) is 5.93. The number of nitrogens with zero attached hydrogens (tertiary/aromatic N) is 3. The summed E-state index contributed by atoms with van der Waals surface area (Å²) in [5.74, 6) is 0.626. The molecule has 0 bridgehead atoms. The number of anilines is 2.